The largest absolute Gasteiger partial charge is 0.511 e. The van der Waals surface area contributed by atoms with Crippen LogP contribution in [0.3, 0.4) is 0 Å². The highest BCUT2D eigenvalue weighted by molar-refractivity contribution is 6.21. The van der Waals surface area contributed by atoms with Gasteiger partial charge < -0.3 is 35.3 Å². The lowest BCUT2D eigenvalue weighted by Crippen LogP contribution is -2.55. The molecule has 5 aliphatic rings. The van der Waals surface area contributed by atoms with Crippen LogP contribution in [0.25, 0.3) is 0 Å². The van der Waals surface area contributed by atoms with Gasteiger partial charge in [0.25, 0.3) is 0 Å². The van der Waals surface area contributed by atoms with Gasteiger partial charge in [0.15, 0.2) is 17.9 Å². The minimum absolute atomic E-state index is 0.127. The Morgan fingerprint density at radius 1 is 1.16 bits per heavy atom. The average Bonchev–Trinajstić information content (AvgIpc) is 2.87. The summed E-state index contributed by atoms with van der Waals surface area (Å²) >= 11 is 0. The smallest absolute Gasteiger partial charge is 0.178 e. The third-order valence-corrected chi connectivity index (χ3v) is 9.07. The van der Waals surface area contributed by atoms with Gasteiger partial charge in [-0.1, -0.05) is 19.1 Å². The molecular weight excluding hydrogens is 494 g/mol. The molecule has 0 aromatic rings. The number of fused-ring (bicyclic) bond motifs is 3. The standard InChI is InChI=1S/C28H35NO9/c1-11-23(31)15(29)8-18(37-11)38-17-10-28(3,12(2)30)9-14-20(17)27(35)22-21(25(14)33)24(32)13-6-5-7-16(36-4)19(13)26(22)34/h5-7,11,13-15,17-20,23,31,33,35H,8-10,29H2,1-4H3/t11-,13+,14-,15+,17+,18-,19-,20-,23-,28-/m1/s1. The van der Waals surface area contributed by atoms with Crippen molar-refractivity contribution in [3.63, 3.8) is 0 Å². The Hall–Kier alpha value is -2.79. The van der Waals surface area contributed by atoms with Crippen molar-refractivity contribution in [2.45, 2.75) is 70.7 Å². The number of methoxy groups -OCH3 is 1. The third-order valence-electron chi connectivity index (χ3n) is 9.07. The molecule has 5 N–H and O–H groups in total. The lowest BCUT2D eigenvalue weighted by Gasteiger charge is -2.50. The number of allylic oxidation sites excluding steroid dienone is 7. The molecule has 5 rings (SSSR count). The molecule has 10 heteroatoms. The fourth-order valence-electron chi connectivity index (χ4n) is 6.76. The molecule has 0 bridgehead atoms. The van der Waals surface area contributed by atoms with Crippen molar-refractivity contribution in [2.24, 2.45) is 34.8 Å². The van der Waals surface area contributed by atoms with E-state index in [1.54, 1.807) is 32.1 Å². The molecular formula is C28H35NO9. The summed E-state index contributed by atoms with van der Waals surface area (Å²) in [5.74, 6) is -5.03. The molecule has 0 aromatic carbocycles. The zero-order valence-electron chi connectivity index (χ0n) is 21.9. The van der Waals surface area contributed by atoms with E-state index in [9.17, 15) is 29.7 Å². The van der Waals surface area contributed by atoms with Crippen LogP contribution in [0.4, 0.5) is 0 Å². The monoisotopic (exact) mass is 529 g/mol. The predicted molar refractivity (Wildman–Crippen MR) is 133 cm³/mol. The van der Waals surface area contributed by atoms with Crippen LogP contribution < -0.4 is 5.73 Å². The molecule has 0 amide bonds. The number of carbonyl (C=O) groups excluding carboxylic acids is 3. The first-order valence-corrected chi connectivity index (χ1v) is 13.0. The van der Waals surface area contributed by atoms with E-state index in [-0.39, 0.29) is 47.7 Å². The number of ether oxygens (including phenoxy) is 3. The van der Waals surface area contributed by atoms with Gasteiger partial charge in [0.1, 0.15) is 23.1 Å². The van der Waals surface area contributed by atoms with Crippen LogP contribution in [0.2, 0.25) is 0 Å². The molecule has 1 saturated heterocycles. The van der Waals surface area contributed by atoms with E-state index in [1.165, 1.54) is 14.0 Å². The van der Waals surface area contributed by atoms with Crippen molar-refractivity contribution >= 4 is 17.3 Å². The molecule has 1 aliphatic heterocycles. The van der Waals surface area contributed by atoms with Crippen LogP contribution in [0.1, 0.15) is 40.0 Å². The molecule has 0 aromatic heterocycles. The van der Waals surface area contributed by atoms with Crippen molar-refractivity contribution in [1.82, 2.24) is 0 Å². The predicted octanol–water partition coefficient (Wildman–Crippen LogP) is 1.94. The summed E-state index contributed by atoms with van der Waals surface area (Å²) in [5.41, 5.74) is 4.73. The topological polar surface area (TPSA) is 166 Å². The van der Waals surface area contributed by atoms with Crippen LogP contribution in [0, 0.1) is 29.1 Å². The summed E-state index contributed by atoms with van der Waals surface area (Å²) in [5, 5.41) is 33.3. The average molecular weight is 530 g/mol. The van der Waals surface area contributed by atoms with Crippen molar-refractivity contribution < 1.29 is 43.9 Å². The van der Waals surface area contributed by atoms with Gasteiger partial charge in [-0.15, -0.1) is 0 Å². The summed E-state index contributed by atoms with van der Waals surface area (Å²) in [6.45, 7) is 4.90. The van der Waals surface area contributed by atoms with Crippen LogP contribution in [-0.2, 0) is 28.6 Å². The third kappa shape index (κ3) is 3.97. The maximum Gasteiger partial charge on any atom is 0.178 e. The molecule has 38 heavy (non-hydrogen) atoms. The van der Waals surface area contributed by atoms with E-state index >= 15 is 0 Å². The molecule has 2 saturated carbocycles. The lowest BCUT2D eigenvalue weighted by atomic mass is 9.57. The normalized spacial score (nSPS) is 42.8. The first-order chi connectivity index (χ1) is 17.9. The minimum atomic E-state index is -0.949. The second-order valence-corrected chi connectivity index (χ2v) is 11.4. The summed E-state index contributed by atoms with van der Waals surface area (Å²) in [6.07, 6.45) is 2.20. The highest BCUT2D eigenvalue weighted by Gasteiger charge is 2.58. The maximum atomic E-state index is 13.8. The van der Waals surface area contributed by atoms with E-state index in [4.69, 9.17) is 19.9 Å². The molecule has 10 atom stereocenters. The Kier molecular flexibility index (Phi) is 6.66. The molecule has 206 valence electrons. The van der Waals surface area contributed by atoms with E-state index in [2.05, 4.69) is 0 Å². The van der Waals surface area contributed by atoms with E-state index in [0.29, 0.717) is 5.76 Å². The van der Waals surface area contributed by atoms with Gasteiger partial charge in [-0.3, -0.25) is 14.4 Å². The van der Waals surface area contributed by atoms with Gasteiger partial charge in [-0.25, -0.2) is 0 Å². The van der Waals surface area contributed by atoms with Gasteiger partial charge in [-0.05, 0) is 32.8 Å². The Balaban J connectivity index is 1.58. The molecule has 0 radical (unpaired) electrons. The second kappa shape index (κ2) is 9.44. The van der Waals surface area contributed by atoms with Crippen LogP contribution >= 0.6 is 0 Å². The quantitative estimate of drug-likeness (QED) is 0.423. The summed E-state index contributed by atoms with van der Waals surface area (Å²) < 4.78 is 17.5. The van der Waals surface area contributed by atoms with Crippen LogP contribution in [-0.4, -0.2) is 70.4 Å². The van der Waals surface area contributed by atoms with E-state index in [0.717, 1.165) is 0 Å². The number of carbonyl (C=O) groups is 3. The zero-order chi connectivity index (χ0) is 27.7. The number of aliphatic hydroxyl groups excluding tert-OH is 3. The van der Waals surface area contributed by atoms with Crippen molar-refractivity contribution in [3.8, 4) is 0 Å². The maximum absolute atomic E-state index is 13.8. The highest BCUT2D eigenvalue weighted by atomic mass is 16.7. The Morgan fingerprint density at radius 3 is 2.47 bits per heavy atom. The van der Waals surface area contributed by atoms with Crippen LogP contribution in [0.15, 0.2) is 46.7 Å². The van der Waals surface area contributed by atoms with Crippen molar-refractivity contribution in [3.05, 3.63) is 46.7 Å². The summed E-state index contributed by atoms with van der Waals surface area (Å²) in [7, 11) is 1.41. The number of nitrogens with two attached hydrogens (primary N) is 1. The summed E-state index contributed by atoms with van der Waals surface area (Å²) in [4.78, 5) is 40.1. The van der Waals surface area contributed by atoms with Crippen molar-refractivity contribution in [1.29, 1.82) is 0 Å². The molecule has 1 heterocycles. The Bertz CT molecular complexity index is 1190. The van der Waals surface area contributed by atoms with Gasteiger partial charge in [0.05, 0.1) is 54.3 Å². The first-order valence-electron chi connectivity index (χ1n) is 13.0. The second-order valence-electron chi connectivity index (χ2n) is 11.4. The van der Waals surface area contributed by atoms with Gasteiger partial charge in [-0.2, -0.15) is 0 Å². The number of hydrogen-bond acceptors (Lipinski definition) is 10. The van der Waals surface area contributed by atoms with E-state index < -0.39 is 71.3 Å². The van der Waals surface area contributed by atoms with Gasteiger partial charge in [0, 0.05) is 23.8 Å². The lowest BCUT2D eigenvalue weighted by molar-refractivity contribution is -0.255. The molecule has 0 unspecified atom stereocenters. The molecule has 10 nitrogen and oxygen atoms in total. The number of rotatable bonds is 4. The number of hydrogen-bond donors (Lipinski definition) is 4. The SMILES string of the molecule is COC1=CC=C[C@@H]2C(=O)C3=C(O)[C@@H]4C[C@@](C)(C(C)=O)C[C@H](O[C@@H]5C[C@H](N)[C@H](O)[C@@H](C)O5)[C@@H]4C(O)=C3C(=O)[C@@H]12. The number of Topliss-reactive ketones (excluding diaryl/α,β-unsaturated/α-hetero) is 3. The van der Waals surface area contributed by atoms with Gasteiger partial charge in [0.2, 0.25) is 0 Å². The van der Waals surface area contributed by atoms with E-state index in [1.807, 2.05) is 0 Å². The fraction of sp³-hybridized carbons (Fsp3) is 0.607. The van der Waals surface area contributed by atoms with Crippen molar-refractivity contribution in [2.75, 3.05) is 7.11 Å². The van der Waals surface area contributed by atoms with Crippen LogP contribution in [0.5, 0.6) is 0 Å². The molecule has 3 fully saturated rings. The Labute approximate surface area is 220 Å². The number of ketones is 3. The fourth-order valence-corrected chi connectivity index (χ4v) is 6.76. The Morgan fingerprint density at radius 2 is 1.84 bits per heavy atom. The highest BCUT2D eigenvalue weighted by Crippen LogP contribution is 2.55. The molecule has 0 spiro atoms. The zero-order valence-corrected chi connectivity index (χ0v) is 21.9. The van der Waals surface area contributed by atoms with Gasteiger partial charge >= 0.3 is 0 Å². The first kappa shape index (κ1) is 26.8. The molecule has 4 aliphatic carbocycles. The number of aliphatic hydroxyl groups is 3. The summed E-state index contributed by atoms with van der Waals surface area (Å²) in [6, 6.07) is -0.603. The minimum Gasteiger partial charge on any atom is -0.511 e.